The van der Waals surface area contributed by atoms with Crippen molar-refractivity contribution in [1.29, 1.82) is 0 Å². The minimum absolute atomic E-state index is 0.0255. The van der Waals surface area contributed by atoms with Crippen LogP contribution in [0.2, 0.25) is 0 Å². The number of carbonyl (C=O) groups excluding carboxylic acids is 2. The Bertz CT molecular complexity index is 3300. The van der Waals surface area contributed by atoms with Crippen LogP contribution in [0.15, 0.2) is 78.2 Å². The molecule has 3 saturated heterocycles. The van der Waals surface area contributed by atoms with Crippen LogP contribution < -0.4 is 25.2 Å². The van der Waals surface area contributed by atoms with Crippen LogP contribution in [-0.4, -0.2) is 160 Å². The Morgan fingerprint density at radius 1 is 0.899 bits per heavy atom. The van der Waals surface area contributed by atoms with E-state index in [9.17, 15) is 22.4 Å². The molecule has 420 valence electrons. The number of nitrogens with one attached hydrogen (secondary N) is 3. The van der Waals surface area contributed by atoms with Gasteiger partial charge in [-0.3, -0.25) is 29.5 Å². The van der Waals surface area contributed by atoms with Gasteiger partial charge in [0.05, 0.1) is 46.1 Å². The normalized spacial score (nSPS) is 20.4. The van der Waals surface area contributed by atoms with E-state index in [1.165, 1.54) is 18.5 Å². The summed E-state index contributed by atoms with van der Waals surface area (Å²) in [5.74, 6) is 2.39. The molecule has 0 aliphatic carbocycles. The minimum atomic E-state index is -3.82. The van der Waals surface area contributed by atoms with Crippen LogP contribution >= 0.6 is 0 Å². The van der Waals surface area contributed by atoms with Gasteiger partial charge < -0.3 is 30.1 Å². The fourth-order valence-corrected chi connectivity index (χ4v) is 12.8. The first-order valence-corrected chi connectivity index (χ1v) is 29.3. The number of hydrogen-bond donors (Lipinski definition) is 3. The molecular weight excluding hydrogens is 1020 g/mol. The van der Waals surface area contributed by atoms with Gasteiger partial charge in [-0.25, -0.2) is 27.8 Å². The van der Waals surface area contributed by atoms with Crippen molar-refractivity contribution < 1.29 is 27.1 Å². The molecule has 0 saturated carbocycles. The van der Waals surface area contributed by atoms with Crippen molar-refractivity contribution in [3.63, 3.8) is 0 Å². The lowest BCUT2D eigenvalue weighted by Crippen LogP contribution is -2.63. The summed E-state index contributed by atoms with van der Waals surface area (Å²) in [5.41, 5.74) is 6.36. The zero-order valence-corrected chi connectivity index (χ0v) is 48.0. The van der Waals surface area contributed by atoms with E-state index in [2.05, 4.69) is 79.3 Å². The van der Waals surface area contributed by atoms with Gasteiger partial charge in [0.2, 0.25) is 5.91 Å². The zero-order valence-electron chi connectivity index (χ0n) is 47.1. The Morgan fingerprint density at radius 3 is 2.37 bits per heavy atom. The number of aromatic amines is 1. The number of halogens is 1. The van der Waals surface area contributed by atoms with Gasteiger partial charge in [-0.1, -0.05) is 26.0 Å². The molecule has 10 rings (SSSR count). The third kappa shape index (κ3) is 12.0. The number of nitrogens with zero attached hydrogens (tertiary/aromatic N) is 10. The highest BCUT2D eigenvalue weighted by Gasteiger charge is 2.42. The van der Waals surface area contributed by atoms with E-state index in [1.54, 1.807) is 51.2 Å². The number of pyridine rings is 2. The summed E-state index contributed by atoms with van der Waals surface area (Å²) in [6.45, 7) is 24.5. The Kier molecular flexibility index (Phi) is 15.9. The monoisotopic (exact) mass is 1100 g/mol. The van der Waals surface area contributed by atoms with E-state index in [-0.39, 0.29) is 51.8 Å². The Morgan fingerprint density at radius 2 is 1.67 bits per heavy atom. The number of amides is 2. The number of fused-ring (bicyclic) bond motifs is 2. The number of aryl methyl sites for hydroxylation is 1. The van der Waals surface area contributed by atoms with E-state index in [1.807, 2.05) is 42.0 Å². The number of ether oxygens (including phenoxy) is 1. The Hall–Kier alpha value is -6.61. The molecule has 6 aromatic rings. The molecule has 20 heteroatoms. The summed E-state index contributed by atoms with van der Waals surface area (Å²) < 4.78 is 47.0. The van der Waals surface area contributed by atoms with Crippen molar-refractivity contribution in [3.05, 3.63) is 113 Å². The van der Waals surface area contributed by atoms with Gasteiger partial charge in [-0.15, -0.1) is 0 Å². The van der Waals surface area contributed by atoms with Gasteiger partial charge in [0.25, 0.3) is 5.91 Å². The maximum atomic E-state index is 14.4. The topological polar surface area (TPSA) is 198 Å². The molecule has 0 unspecified atom stereocenters. The molecule has 3 N–H and O–H groups in total. The highest BCUT2D eigenvalue weighted by atomic mass is 32.2. The van der Waals surface area contributed by atoms with Crippen LogP contribution in [0.3, 0.4) is 0 Å². The fraction of sp³-hybridized carbons (Fsp3) is 0.508. The van der Waals surface area contributed by atoms with Crippen molar-refractivity contribution in [3.8, 4) is 5.75 Å². The van der Waals surface area contributed by atoms with Gasteiger partial charge in [0.15, 0.2) is 9.84 Å². The van der Waals surface area contributed by atoms with Crippen LogP contribution in [-0.2, 0) is 26.5 Å². The van der Waals surface area contributed by atoms with Crippen LogP contribution in [0.5, 0.6) is 5.75 Å². The van der Waals surface area contributed by atoms with Gasteiger partial charge >= 0.3 is 0 Å². The third-order valence-electron chi connectivity index (χ3n) is 16.6. The number of rotatable bonds is 15. The first-order valence-electron chi connectivity index (χ1n) is 27.8. The number of benzene rings is 2. The summed E-state index contributed by atoms with van der Waals surface area (Å²) in [6.07, 6.45) is 8.23. The Labute approximate surface area is 463 Å². The predicted octanol–water partition coefficient (Wildman–Crippen LogP) is 7.62. The second kappa shape index (κ2) is 22.5. The first-order chi connectivity index (χ1) is 37.6. The number of piperidine rings is 1. The maximum absolute atomic E-state index is 14.4. The fourth-order valence-electron chi connectivity index (χ4n) is 11.5. The van der Waals surface area contributed by atoms with E-state index in [0.29, 0.717) is 73.2 Å². The van der Waals surface area contributed by atoms with E-state index in [4.69, 9.17) is 14.7 Å². The maximum Gasteiger partial charge on any atom is 0.255 e. The van der Waals surface area contributed by atoms with Gasteiger partial charge in [-0.05, 0) is 128 Å². The van der Waals surface area contributed by atoms with Crippen molar-refractivity contribution in [2.24, 2.45) is 5.92 Å². The SMILES string of the molecule is Cc1n[nH]c(Nc2ncnc3cc(OCCC4CCN(c5ccc(C(=O)N6CCN(C[C@H]7CN[C@H](C)CN7CC(=O)N7CC(C)(C)c8ncc(Cc9ccc(F)cc9)cc87)[C@H](C)C6)cn5)CC4)c(S(=O)(=O)C(C)(C)C)cc23)c1C. The molecule has 2 aromatic carbocycles. The van der Waals surface area contributed by atoms with Gasteiger partial charge in [-0.2, -0.15) is 5.10 Å². The number of hydrogen-bond acceptors (Lipinski definition) is 15. The highest BCUT2D eigenvalue weighted by molar-refractivity contribution is 7.92. The van der Waals surface area contributed by atoms with E-state index >= 15 is 0 Å². The lowest BCUT2D eigenvalue weighted by atomic mass is 9.91. The van der Waals surface area contributed by atoms with Crippen LogP contribution in [0.4, 0.5) is 27.5 Å². The molecule has 2 amide bonds. The van der Waals surface area contributed by atoms with Crippen LogP contribution in [0.25, 0.3) is 10.9 Å². The molecule has 8 heterocycles. The smallest absolute Gasteiger partial charge is 0.255 e. The number of sulfone groups is 1. The molecule has 4 aliphatic rings. The minimum Gasteiger partial charge on any atom is -0.492 e. The summed E-state index contributed by atoms with van der Waals surface area (Å²) >= 11 is 0. The summed E-state index contributed by atoms with van der Waals surface area (Å²) in [5, 5.41) is 14.7. The number of aromatic nitrogens is 6. The van der Waals surface area contributed by atoms with Gasteiger partial charge in [0.1, 0.15) is 40.2 Å². The van der Waals surface area contributed by atoms with Crippen molar-refractivity contribution >= 4 is 55.7 Å². The predicted molar refractivity (Wildman–Crippen MR) is 306 cm³/mol. The zero-order chi connectivity index (χ0) is 56.0. The lowest BCUT2D eigenvalue weighted by Gasteiger charge is -2.45. The molecule has 0 bridgehead atoms. The average molecular weight is 1100 g/mol. The van der Waals surface area contributed by atoms with E-state index in [0.717, 1.165) is 98.1 Å². The summed E-state index contributed by atoms with van der Waals surface area (Å²) in [7, 11) is -3.82. The first kappa shape index (κ1) is 55.7. The Balaban J connectivity index is 0.707. The summed E-state index contributed by atoms with van der Waals surface area (Å²) in [6, 6.07) is 16.2. The number of anilines is 4. The number of piperazine rings is 2. The molecule has 3 atom stereocenters. The molecule has 0 spiro atoms. The number of carbonyl (C=O) groups is 2. The molecular formula is C59H76FN13O5S. The largest absolute Gasteiger partial charge is 0.492 e. The molecule has 3 fully saturated rings. The third-order valence-corrected chi connectivity index (χ3v) is 19.1. The van der Waals surface area contributed by atoms with E-state index < -0.39 is 14.6 Å². The number of H-pyrrole nitrogens is 1. The highest BCUT2D eigenvalue weighted by Crippen LogP contribution is 2.41. The average Bonchev–Trinajstić information content (AvgIpc) is 4.16. The summed E-state index contributed by atoms with van der Waals surface area (Å²) in [4.78, 5) is 57.9. The molecule has 18 nitrogen and oxygen atoms in total. The van der Waals surface area contributed by atoms with Crippen LogP contribution in [0.1, 0.15) is 106 Å². The molecule has 4 aromatic heterocycles. The second-order valence-electron chi connectivity index (χ2n) is 23.9. The standard InChI is InChI=1S/C59H76FN13O5S/c1-37-31-72(34-53(74)73-35-59(8,9)54-49(73)25-43(28-63-54)24-42-10-13-45(60)14-11-42)46(30-61-37)33-70-21-22-71(32-38(70)2)57(75)44-12-15-52(62-29-44)69-19-16-41(17-20-69)18-23-78-50-27-48-47(26-51(50)79(76,77)58(5,6)7)56(65-36-64-48)66-55-39(3)40(4)67-68-55/h10-15,25-29,36-38,41,46,61H,16-24,30-35H2,1-9H3,(H2,64,65,66,67,68)/t37-,38-,46-/m1/s1. The quantitative estimate of drug-likeness (QED) is 0.0907. The lowest BCUT2D eigenvalue weighted by molar-refractivity contribution is -0.121. The molecule has 79 heavy (non-hydrogen) atoms. The van der Waals surface area contributed by atoms with Crippen molar-refractivity contribution in [2.45, 2.75) is 121 Å². The van der Waals surface area contributed by atoms with Crippen molar-refractivity contribution in [2.75, 3.05) is 87.2 Å². The molecule has 4 aliphatic heterocycles. The second-order valence-corrected chi connectivity index (χ2v) is 26.6. The van der Waals surface area contributed by atoms with Gasteiger partial charge in [0, 0.05) is 112 Å². The van der Waals surface area contributed by atoms with Crippen molar-refractivity contribution in [1.82, 2.24) is 50.1 Å². The molecule has 0 radical (unpaired) electrons. The van der Waals surface area contributed by atoms with Crippen LogP contribution in [0, 0.1) is 25.6 Å².